The molecule has 4 nitrogen and oxygen atoms in total. The first-order valence-corrected chi connectivity index (χ1v) is 8.18. The van der Waals surface area contributed by atoms with Crippen molar-refractivity contribution in [3.05, 3.63) is 29.8 Å². The number of carbonyl (C=O) groups is 1. The number of alkyl halides is 2. The Balaban J connectivity index is 2.01. The molecule has 6 heteroatoms. The molecule has 2 N–H and O–H groups in total. The molecular formula is C18H26F2N2O2. The van der Waals surface area contributed by atoms with Gasteiger partial charge < -0.3 is 15.4 Å². The average molecular weight is 340 g/mol. The zero-order valence-corrected chi connectivity index (χ0v) is 14.7. The number of amides is 1. The third-order valence-electron chi connectivity index (χ3n) is 4.09. The molecule has 0 unspecified atom stereocenters. The summed E-state index contributed by atoms with van der Waals surface area (Å²) in [5, 5.41) is 6.60. The molecule has 1 amide bonds. The summed E-state index contributed by atoms with van der Waals surface area (Å²) in [4.78, 5) is 12.4. The van der Waals surface area contributed by atoms with Gasteiger partial charge in [0.05, 0.1) is 6.42 Å². The molecule has 1 aromatic rings. The minimum Gasteiger partial charge on any atom is -0.435 e. The monoisotopic (exact) mass is 340 g/mol. The van der Waals surface area contributed by atoms with E-state index in [0.717, 1.165) is 12.8 Å². The normalized spacial score (nSPS) is 20.0. The Morgan fingerprint density at radius 1 is 1.25 bits per heavy atom. The van der Waals surface area contributed by atoms with Gasteiger partial charge in [-0.15, -0.1) is 0 Å². The van der Waals surface area contributed by atoms with E-state index in [2.05, 4.69) is 43.1 Å². The number of para-hydroxylation sites is 1. The number of hydrogen-bond donors (Lipinski definition) is 2. The van der Waals surface area contributed by atoms with Crippen LogP contribution in [0.3, 0.4) is 0 Å². The van der Waals surface area contributed by atoms with Crippen LogP contribution in [-0.4, -0.2) is 29.6 Å². The van der Waals surface area contributed by atoms with E-state index in [1.165, 1.54) is 6.07 Å². The summed E-state index contributed by atoms with van der Waals surface area (Å²) in [7, 11) is 0. The summed E-state index contributed by atoms with van der Waals surface area (Å²) in [5.41, 5.74) is 0.315. The SMILES string of the molecule is CC1(C)CC(NC(=O)Cc2ccccc2OC(F)F)CC(C)(C)N1. The number of ether oxygens (including phenoxy) is 1. The van der Waals surface area contributed by atoms with E-state index in [4.69, 9.17) is 0 Å². The van der Waals surface area contributed by atoms with Crippen LogP contribution >= 0.6 is 0 Å². The Hall–Kier alpha value is -1.69. The Labute approximate surface area is 142 Å². The van der Waals surface area contributed by atoms with E-state index in [1.54, 1.807) is 18.2 Å². The van der Waals surface area contributed by atoms with Crippen molar-refractivity contribution in [2.75, 3.05) is 0 Å². The lowest BCUT2D eigenvalue weighted by Crippen LogP contribution is -2.62. The van der Waals surface area contributed by atoms with Crippen LogP contribution in [0.15, 0.2) is 24.3 Å². The number of halogens is 2. The summed E-state index contributed by atoms with van der Waals surface area (Å²) >= 11 is 0. The molecule has 2 rings (SSSR count). The maximum Gasteiger partial charge on any atom is 0.387 e. The minimum absolute atomic E-state index is 0.0215. The van der Waals surface area contributed by atoms with Crippen molar-refractivity contribution in [2.24, 2.45) is 0 Å². The Morgan fingerprint density at radius 2 is 1.83 bits per heavy atom. The van der Waals surface area contributed by atoms with Crippen LogP contribution in [0.4, 0.5) is 8.78 Å². The van der Waals surface area contributed by atoms with E-state index < -0.39 is 6.61 Å². The largest absolute Gasteiger partial charge is 0.435 e. The van der Waals surface area contributed by atoms with Crippen molar-refractivity contribution in [1.29, 1.82) is 0 Å². The van der Waals surface area contributed by atoms with Crippen LogP contribution in [0.2, 0.25) is 0 Å². The second-order valence-electron chi connectivity index (χ2n) is 7.73. The fourth-order valence-electron chi connectivity index (χ4n) is 3.74. The van der Waals surface area contributed by atoms with Gasteiger partial charge in [-0.3, -0.25) is 4.79 Å². The molecule has 0 radical (unpaired) electrons. The highest BCUT2D eigenvalue weighted by atomic mass is 19.3. The van der Waals surface area contributed by atoms with Crippen LogP contribution in [0.25, 0.3) is 0 Å². The van der Waals surface area contributed by atoms with Gasteiger partial charge in [0.2, 0.25) is 5.91 Å². The molecule has 1 heterocycles. The Bertz CT molecular complexity index is 572. The lowest BCUT2D eigenvalue weighted by atomic mass is 9.79. The fraction of sp³-hybridized carbons (Fsp3) is 0.611. The summed E-state index contributed by atoms with van der Waals surface area (Å²) < 4.78 is 29.4. The highest BCUT2D eigenvalue weighted by Crippen LogP contribution is 2.28. The Morgan fingerprint density at radius 3 is 2.42 bits per heavy atom. The maximum absolute atomic E-state index is 12.5. The summed E-state index contributed by atoms with van der Waals surface area (Å²) in [6, 6.07) is 6.44. The molecule has 1 saturated heterocycles. The van der Waals surface area contributed by atoms with Crippen LogP contribution in [0.1, 0.15) is 46.1 Å². The van der Waals surface area contributed by atoms with Crippen molar-refractivity contribution >= 4 is 5.91 Å². The second-order valence-corrected chi connectivity index (χ2v) is 7.73. The molecule has 24 heavy (non-hydrogen) atoms. The molecule has 0 atom stereocenters. The molecule has 0 spiro atoms. The minimum atomic E-state index is -2.90. The fourth-order valence-corrected chi connectivity index (χ4v) is 3.74. The van der Waals surface area contributed by atoms with Gasteiger partial charge >= 0.3 is 6.61 Å². The van der Waals surface area contributed by atoms with Crippen molar-refractivity contribution in [3.8, 4) is 5.75 Å². The van der Waals surface area contributed by atoms with E-state index in [-0.39, 0.29) is 35.2 Å². The molecule has 1 aliphatic heterocycles. The topological polar surface area (TPSA) is 50.4 Å². The van der Waals surface area contributed by atoms with Gasteiger partial charge in [0.1, 0.15) is 5.75 Å². The molecule has 0 aliphatic carbocycles. The van der Waals surface area contributed by atoms with Gasteiger partial charge in [0, 0.05) is 22.7 Å². The molecule has 0 aromatic heterocycles. The summed E-state index contributed by atoms with van der Waals surface area (Å²) in [6.07, 6.45) is 1.66. The van der Waals surface area contributed by atoms with Crippen LogP contribution in [0.5, 0.6) is 5.75 Å². The number of carbonyl (C=O) groups excluding carboxylic acids is 1. The van der Waals surface area contributed by atoms with Crippen LogP contribution in [0, 0.1) is 0 Å². The highest BCUT2D eigenvalue weighted by Gasteiger charge is 2.38. The van der Waals surface area contributed by atoms with Gasteiger partial charge in [-0.25, -0.2) is 0 Å². The molecule has 1 fully saturated rings. The smallest absolute Gasteiger partial charge is 0.387 e. The van der Waals surface area contributed by atoms with Crippen LogP contribution < -0.4 is 15.4 Å². The maximum atomic E-state index is 12.5. The number of hydrogen-bond acceptors (Lipinski definition) is 3. The number of benzene rings is 1. The Kier molecular flexibility index (Phi) is 5.48. The lowest BCUT2D eigenvalue weighted by Gasteiger charge is -2.46. The van der Waals surface area contributed by atoms with E-state index in [1.807, 2.05) is 0 Å². The molecular weight excluding hydrogens is 314 g/mol. The van der Waals surface area contributed by atoms with Gasteiger partial charge in [-0.05, 0) is 46.6 Å². The first kappa shape index (κ1) is 18.6. The number of rotatable bonds is 5. The summed E-state index contributed by atoms with van der Waals surface area (Å²) in [6.45, 7) is 5.54. The van der Waals surface area contributed by atoms with Crippen molar-refractivity contribution in [3.63, 3.8) is 0 Å². The quantitative estimate of drug-likeness (QED) is 0.865. The van der Waals surface area contributed by atoms with Crippen molar-refractivity contribution in [1.82, 2.24) is 10.6 Å². The van der Waals surface area contributed by atoms with Crippen molar-refractivity contribution in [2.45, 2.75) is 70.7 Å². The van der Waals surface area contributed by atoms with E-state index >= 15 is 0 Å². The zero-order valence-electron chi connectivity index (χ0n) is 14.7. The highest BCUT2D eigenvalue weighted by molar-refractivity contribution is 5.79. The molecule has 0 bridgehead atoms. The predicted molar refractivity (Wildman–Crippen MR) is 89.2 cm³/mol. The second kappa shape index (κ2) is 7.05. The van der Waals surface area contributed by atoms with Gasteiger partial charge in [0.25, 0.3) is 0 Å². The molecule has 134 valence electrons. The van der Waals surface area contributed by atoms with Gasteiger partial charge in [-0.2, -0.15) is 8.78 Å². The molecule has 1 aromatic carbocycles. The average Bonchev–Trinajstić information content (AvgIpc) is 2.36. The first-order valence-electron chi connectivity index (χ1n) is 8.18. The van der Waals surface area contributed by atoms with E-state index in [9.17, 15) is 13.6 Å². The third kappa shape index (κ3) is 5.44. The number of piperidine rings is 1. The van der Waals surface area contributed by atoms with E-state index in [0.29, 0.717) is 5.56 Å². The third-order valence-corrected chi connectivity index (χ3v) is 4.09. The van der Waals surface area contributed by atoms with Gasteiger partial charge in [-0.1, -0.05) is 18.2 Å². The molecule has 0 saturated carbocycles. The van der Waals surface area contributed by atoms with Crippen molar-refractivity contribution < 1.29 is 18.3 Å². The molecule has 1 aliphatic rings. The summed E-state index contributed by atoms with van der Waals surface area (Å²) in [5.74, 6) is -0.132. The predicted octanol–water partition coefficient (Wildman–Crippen LogP) is 3.26. The van der Waals surface area contributed by atoms with Crippen LogP contribution in [-0.2, 0) is 11.2 Å². The first-order chi connectivity index (χ1) is 11.1. The number of nitrogens with one attached hydrogen (secondary N) is 2. The lowest BCUT2D eigenvalue weighted by molar-refractivity contribution is -0.121. The standard InChI is InChI=1S/C18H26F2N2O2/c1-17(2)10-13(11-18(3,4)22-17)21-15(23)9-12-7-5-6-8-14(12)24-16(19)20/h5-8,13,16,22H,9-11H2,1-4H3,(H,21,23). The zero-order chi connectivity index (χ0) is 18.0. The van der Waals surface area contributed by atoms with Gasteiger partial charge in [0.15, 0.2) is 0 Å².